The molecule has 1 unspecified atom stereocenters. The number of benzene rings is 2. The van der Waals surface area contributed by atoms with E-state index >= 15 is 0 Å². The molecule has 3 nitrogen and oxygen atoms in total. The number of hydrogen-bond acceptors (Lipinski definition) is 2. The summed E-state index contributed by atoms with van der Waals surface area (Å²) in [4.78, 5) is 12.5. The van der Waals surface area contributed by atoms with Gasteiger partial charge in [-0.3, -0.25) is 4.79 Å². The fourth-order valence-corrected chi connectivity index (χ4v) is 2.69. The van der Waals surface area contributed by atoms with Crippen molar-refractivity contribution < 1.29 is 9.21 Å². The molecule has 1 amide bonds. The van der Waals surface area contributed by atoms with E-state index in [2.05, 4.69) is 5.32 Å². The zero-order valence-corrected chi connectivity index (χ0v) is 13.0. The predicted octanol–water partition coefficient (Wildman–Crippen LogP) is 4.54. The SMILES string of the molecule is Cc1c(C(=O)NC(C)c2ccccc2)oc2c(C)cccc12. The second kappa shape index (κ2) is 5.68. The zero-order valence-electron chi connectivity index (χ0n) is 13.0. The molecule has 1 atom stereocenters. The maximum absolute atomic E-state index is 12.5. The largest absolute Gasteiger partial charge is 0.450 e. The van der Waals surface area contributed by atoms with Crippen LogP contribution < -0.4 is 5.32 Å². The number of nitrogens with one attached hydrogen (secondary N) is 1. The van der Waals surface area contributed by atoms with Crippen molar-refractivity contribution in [2.24, 2.45) is 0 Å². The van der Waals surface area contributed by atoms with Gasteiger partial charge in [-0.15, -0.1) is 0 Å². The van der Waals surface area contributed by atoms with Crippen molar-refractivity contribution >= 4 is 16.9 Å². The third-order valence-electron chi connectivity index (χ3n) is 4.01. The smallest absolute Gasteiger partial charge is 0.287 e. The van der Waals surface area contributed by atoms with E-state index in [1.165, 1.54) is 0 Å². The van der Waals surface area contributed by atoms with Gasteiger partial charge in [-0.05, 0) is 31.9 Å². The van der Waals surface area contributed by atoms with E-state index in [0.717, 1.165) is 27.7 Å². The minimum Gasteiger partial charge on any atom is -0.450 e. The summed E-state index contributed by atoms with van der Waals surface area (Å²) in [6.45, 7) is 5.88. The molecule has 0 radical (unpaired) electrons. The van der Waals surface area contributed by atoms with Crippen LogP contribution in [0.1, 0.15) is 40.2 Å². The molecule has 0 aliphatic heterocycles. The quantitative estimate of drug-likeness (QED) is 0.770. The van der Waals surface area contributed by atoms with Crippen LogP contribution in [0.15, 0.2) is 52.9 Å². The van der Waals surface area contributed by atoms with Crippen molar-refractivity contribution in [3.8, 4) is 0 Å². The highest BCUT2D eigenvalue weighted by molar-refractivity contribution is 5.99. The lowest BCUT2D eigenvalue weighted by molar-refractivity contribution is 0.0913. The fraction of sp³-hybridized carbons (Fsp3) is 0.211. The number of carbonyl (C=O) groups is 1. The van der Waals surface area contributed by atoms with Crippen LogP contribution in [0.2, 0.25) is 0 Å². The summed E-state index contributed by atoms with van der Waals surface area (Å²) in [5.41, 5.74) is 3.78. The van der Waals surface area contributed by atoms with E-state index in [1.807, 2.05) is 69.3 Å². The monoisotopic (exact) mass is 293 g/mol. The maximum atomic E-state index is 12.5. The molecule has 1 aromatic heterocycles. The van der Waals surface area contributed by atoms with Gasteiger partial charge >= 0.3 is 0 Å². The Morgan fingerprint density at radius 3 is 2.45 bits per heavy atom. The van der Waals surface area contributed by atoms with Crippen molar-refractivity contribution in [1.29, 1.82) is 0 Å². The zero-order chi connectivity index (χ0) is 15.7. The molecule has 3 rings (SSSR count). The number of carbonyl (C=O) groups excluding carboxylic acids is 1. The number of amides is 1. The van der Waals surface area contributed by atoms with Crippen LogP contribution in [0.4, 0.5) is 0 Å². The van der Waals surface area contributed by atoms with Crippen molar-refractivity contribution in [1.82, 2.24) is 5.32 Å². The van der Waals surface area contributed by atoms with E-state index < -0.39 is 0 Å². The van der Waals surface area contributed by atoms with Gasteiger partial charge in [0.25, 0.3) is 5.91 Å². The summed E-state index contributed by atoms with van der Waals surface area (Å²) >= 11 is 0. The van der Waals surface area contributed by atoms with Gasteiger partial charge in [0.15, 0.2) is 5.76 Å². The van der Waals surface area contributed by atoms with Gasteiger partial charge in [0.2, 0.25) is 0 Å². The van der Waals surface area contributed by atoms with Crippen LogP contribution in [-0.2, 0) is 0 Å². The minimum atomic E-state index is -0.176. The Hall–Kier alpha value is -2.55. The molecule has 2 aromatic carbocycles. The standard InChI is InChI=1S/C19H19NO2/c1-12-8-7-11-16-13(2)18(22-17(12)16)19(21)20-14(3)15-9-5-4-6-10-15/h4-11,14H,1-3H3,(H,20,21). The summed E-state index contributed by atoms with van der Waals surface area (Å²) in [5, 5.41) is 4.00. The molecule has 22 heavy (non-hydrogen) atoms. The minimum absolute atomic E-state index is 0.0672. The predicted molar refractivity (Wildman–Crippen MR) is 88.0 cm³/mol. The molecular weight excluding hydrogens is 274 g/mol. The van der Waals surface area contributed by atoms with E-state index in [0.29, 0.717) is 5.76 Å². The van der Waals surface area contributed by atoms with Gasteiger partial charge in [0.05, 0.1) is 6.04 Å². The highest BCUT2D eigenvalue weighted by atomic mass is 16.3. The van der Waals surface area contributed by atoms with Crippen molar-refractivity contribution in [3.05, 3.63) is 71.0 Å². The maximum Gasteiger partial charge on any atom is 0.287 e. The number of rotatable bonds is 3. The molecular formula is C19H19NO2. The van der Waals surface area contributed by atoms with Gasteiger partial charge in [0, 0.05) is 10.9 Å². The fourth-order valence-electron chi connectivity index (χ4n) is 2.69. The van der Waals surface area contributed by atoms with Crippen molar-refractivity contribution in [2.75, 3.05) is 0 Å². The van der Waals surface area contributed by atoms with Crippen LogP contribution in [0.5, 0.6) is 0 Å². The third-order valence-corrected chi connectivity index (χ3v) is 4.01. The first-order chi connectivity index (χ1) is 10.6. The summed E-state index contributed by atoms with van der Waals surface area (Å²) < 4.78 is 5.82. The Morgan fingerprint density at radius 2 is 1.77 bits per heavy atom. The Morgan fingerprint density at radius 1 is 1.05 bits per heavy atom. The number of hydrogen-bond donors (Lipinski definition) is 1. The average Bonchev–Trinajstić information content (AvgIpc) is 2.87. The Balaban J connectivity index is 1.90. The molecule has 0 saturated heterocycles. The molecule has 112 valence electrons. The van der Waals surface area contributed by atoms with Gasteiger partial charge in [0.1, 0.15) is 5.58 Å². The lowest BCUT2D eigenvalue weighted by Crippen LogP contribution is -2.26. The molecule has 0 aliphatic carbocycles. The molecule has 1 N–H and O–H groups in total. The third kappa shape index (κ3) is 2.50. The van der Waals surface area contributed by atoms with Crippen LogP contribution in [-0.4, -0.2) is 5.91 Å². The van der Waals surface area contributed by atoms with Crippen LogP contribution in [0, 0.1) is 13.8 Å². The number of aryl methyl sites for hydroxylation is 2. The van der Waals surface area contributed by atoms with Crippen LogP contribution in [0.3, 0.4) is 0 Å². The number of furan rings is 1. The highest BCUT2D eigenvalue weighted by Gasteiger charge is 2.20. The molecule has 1 heterocycles. The Kier molecular flexibility index (Phi) is 3.72. The summed E-state index contributed by atoms with van der Waals surface area (Å²) in [6.07, 6.45) is 0. The molecule has 3 heteroatoms. The normalized spacial score (nSPS) is 12.3. The highest BCUT2D eigenvalue weighted by Crippen LogP contribution is 2.28. The Bertz CT molecular complexity index is 818. The summed E-state index contributed by atoms with van der Waals surface area (Å²) in [5.74, 6) is 0.219. The van der Waals surface area contributed by atoms with Gasteiger partial charge < -0.3 is 9.73 Å². The van der Waals surface area contributed by atoms with E-state index in [1.54, 1.807) is 0 Å². The molecule has 3 aromatic rings. The van der Waals surface area contributed by atoms with Crippen molar-refractivity contribution in [2.45, 2.75) is 26.8 Å². The lowest BCUT2D eigenvalue weighted by atomic mass is 10.1. The van der Waals surface area contributed by atoms with Gasteiger partial charge in [-0.2, -0.15) is 0 Å². The number of para-hydroxylation sites is 1. The summed E-state index contributed by atoms with van der Waals surface area (Å²) in [6, 6.07) is 15.8. The number of fused-ring (bicyclic) bond motifs is 1. The second-order valence-electron chi connectivity index (χ2n) is 5.61. The molecule has 0 aliphatic rings. The molecule has 0 saturated carbocycles. The Labute approximate surface area is 130 Å². The van der Waals surface area contributed by atoms with Crippen LogP contribution >= 0.6 is 0 Å². The topological polar surface area (TPSA) is 42.2 Å². The lowest BCUT2D eigenvalue weighted by Gasteiger charge is -2.13. The van der Waals surface area contributed by atoms with Crippen LogP contribution in [0.25, 0.3) is 11.0 Å². The first kappa shape index (κ1) is 14.4. The molecule has 0 bridgehead atoms. The van der Waals surface area contributed by atoms with Crippen molar-refractivity contribution in [3.63, 3.8) is 0 Å². The van der Waals surface area contributed by atoms with Gasteiger partial charge in [-0.25, -0.2) is 0 Å². The van der Waals surface area contributed by atoms with Gasteiger partial charge in [-0.1, -0.05) is 48.5 Å². The molecule has 0 fully saturated rings. The van der Waals surface area contributed by atoms with E-state index in [4.69, 9.17) is 4.42 Å². The summed E-state index contributed by atoms with van der Waals surface area (Å²) in [7, 11) is 0. The first-order valence-electron chi connectivity index (χ1n) is 7.42. The first-order valence-corrected chi connectivity index (χ1v) is 7.42. The molecule has 0 spiro atoms. The van der Waals surface area contributed by atoms with E-state index in [9.17, 15) is 4.79 Å². The average molecular weight is 293 g/mol. The van der Waals surface area contributed by atoms with E-state index in [-0.39, 0.29) is 11.9 Å². The second-order valence-corrected chi connectivity index (χ2v) is 5.61.